The van der Waals surface area contributed by atoms with Crippen LogP contribution in [0, 0.1) is 34.6 Å². The highest BCUT2D eigenvalue weighted by Gasteiger charge is 2.23. The van der Waals surface area contributed by atoms with Crippen LogP contribution < -0.4 is 4.74 Å². The van der Waals surface area contributed by atoms with Crippen LogP contribution in [0.1, 0.15) is 38.7 Å². The molecule has 0 fully saturated rings. The standard InChI is InChI=1S/C25H27N3O4/c1-14-9-15(2)11-19(10-14)30-8-7-28(6)25(29)21-13-22(20-12-16(3)31-18(20)5)26-24-23(21)17(4)27-32-24/h9-13H,7-8H2,1-6H3. The van der Waals surface area contributed by atoms with Gasteiger partial charge in [-0.25, -0.2) is 4.98 Å². The zero-order valence-electron chi connectivity index (χ0n) is 19.3. The van der Waals surface area contributed by atoms with Gasteiger partial charge in [0, 0.05) is 12.6 Å². The number of hydrogen-bond acceptors (Lipinski definition) is 6. The maximum Gasteiger partial charge on any atom is 0.259 e. The first-order valence-electron chi connectivity index (χ1n) is 10.5. The minimum absolute atomic E-state index is 0.146. The van der Waals surface area contributed by atoms with Gasteiger partial charge in [0.05, 0.1) is 28.9 Å². The van der Waals surface area contributed by atoms with Gasteiger partial charge in [-0.3, -0.25) is 4.79 Å². The minimum atomic E-state index is -0.146. The van der Waals surface area contributed by atoms with Crippen molar-refractivity contribution in [2.45, 2.75) is 34.6 Å². The Morgan fingerprint density at radius 3 is 2.41 bits per heavy atom. The molecule has 1 amide bonds. The van der Waals surface area contributed by atoms with E-state index in [4.69, 9.17) is 13.7 Å². The van der Waals surface area contributed by atoms with E-state index in [1.54, 1.807) is 24.9 Å². The average Bonchev–Trinajstić information content (AvgIpc) is 3.27. The summed E-state index contributed by atoms with van der Waals surface area (Å²) in [6.45, 7) is 10.4. The zero-order chi connectivity index (χ0) is 23.0. The van der Waals surface area contributed by atoms with Crippen LogP contribution in [-0.4, -0.2) is 41.1 Å². The van der Waals surface area contributed by atoms with Gasteiger partial charge >= 0.3 is 0 Å². The van der Waals surface area contributed by atoms with E-state index in [-0.39, 0.29) is 5.91 Å². The summed E-state index contributed by atoms with van der Waals surface area (Å²) in [4.78, 5) is 19.6. The van der Waals surface area contributed by atoms with Crippen LogP contribution >= 0.6 is 0 Å². The van der Waals surface area contributed by atoms with Crippen molar-refractivity contribution in [2.75, 3.05) is 20.2 Å². The number of carbonyl (C=O) groups excluding carboxylic acids is 1. The molecule has 4 aromatic rings. The van der Waals surface area contributed by atoms with Gasteiger partial charge in [0.2, 0.25) is 0 Å². The normalized spacial score (nSPS) is 11.2. The van der Waals surface area contributed by atoms with E-state index >= 15 is 0 Å². The lowest BCUT2D eigenvalue weighted by Crippen LogP contribution is -2.31. The lowest BCUT2D eigenvalue weighted by molar-refractivity contribution is 0.0775. The molecule has 0 aliphatic rings. The highest BCUT2D eigenvalue weighted by molar-refractivity contribution is 6.06. The van der Waals surface area contributed by atoms with Crippen molar-refractivity contribution in [3.05, 3.63) is 64.2 Å². The number of pyridine rings is 1. The van der Waals surface area contributed by atoms with Gasteiger partial charge in [-0.1, -0.05) is 11.2 Å². The first-order chi connectivity index (χ1) is 15.2. The van der Waals surface area contributed by atoms with Gasteiger partial charge in [-0.05, 0) is 70.0 Å². The highest BCUT2D eigenvalue weighted by Crippen LogP contribution is 2.31. The predicted octanol–water partition coefficient (Wildman–Crippen LogP) is 5.18. The number of rotatable bonds is 6. The number of amides is 1. The number of nitrogens with zero attached hydrogens (tertiary/aromatic N) is 3. The summed E-state index contributed by atoms with van der Waals surface area (Å²) >= 11 is 0. The molecule has 3 aromatic heterocycles. The molecule has 4 rings (SSSR count). The van der Waals surface area contributed by atoms with E-state index in [0.29, 0.717) is 41.2 Å². The number of aromatic nitrogens is 2. The fourth-order valence-corrected chi connectivity index (χ4v) is 3.91. The molecular weight excluding hydrogens is 406 g/mol. The SMILES string of the molecule is Cc1cc(C)cc(OCCN(C)C(=O)c2cc(-c3cc(C)oc3C)nc3onc(C)c23)c1. The molecule has 7 heteroatoms. The van der Waals surface area contributed by atoms with Crippen molar-refractivity contribution in [2.24, 2.45) is 0 Å². The molecule has 7 nitrogen and oxygen atoms in total. The van der Waals surface area contributed by atoms with E-state index in [9.17, 15) is 4.79 Å². The Bertz CT molecular complexity index is 1280. The van der Waals surface area contributed by atoms with Crippen LogP contribution in [0.4, 0.5) is 0 Å². The molecule has 0 N–H and O–H groups in total. The quantitative estimate of drug-likeness (QED) is 0.417. The second kappa shape index (κ2) is 8.49. The van der Waals surface area contributed by atoms with Crippen LogP contribution in [0.25, 0.3) is 22.4 Å². The molecule has 0 aliphatic heterocycles. The first kappa shape index (κ1) is 21.6. The Balaban J connectivity index is 1.59. The van der Waals surface area contributed by atoms with Crippen LogP contribution in [-0.2, 0) is 0 Å². The number of furan rings is 1. The van der Waals surface area contributed by atoms with E-state index in [0.717, 1.165) is 34.0 Å². The number of ether oxygens (including phenoxy) is 1. The first-order valence-corrected chi connectivity index (χ1v) is 10.5. The summed E-state index contributed by atoms with van der Waals surface area (Å²) < 4.78 is 16.9. The lowest BCUT2D eigenvalue weighted by Gasteiger charge is -2.18. The van der Waals surface area contributed by atoms with Crippen LogP contribution in [0.2, 0.25) is 0 Å². The third-order valence-electron chi connectivity index (χ3n) is 5.40. The number of hydrogen-bond donors (Lipinski definition) is 0. The molecule has 0 radical (unpaired) electrons. The molecule has 0 spiro atoms. The Labute approximate surface area is 187 Å². The predicted molar refractivity (Wildman–Crippen MR) is 122 cm³/mol. The maximum atomic E-state index is 13.4. The molecule has 166 valence electrons. The largest absolute Gasteiger partial charge is 0.492 e. The van der Waals surface area contributed by atoms with Gasteiger partial charge in [-0.2, -0.15) is 0 Å². The van der Waals surface area contributed by atoms with E-state index in [1.165, 1.54) is 0 Å². The van der Waals surface area contributed by atoms with E-state index in [2.05, 4.69) is 16.2 Å². The Morgan fingerprint density at radius 1 is 1.03 bits per heavy atom. The Morgan fingerprint density at radius 2 is 1.75 bits per heavy atom. The van der Waals surface area contributed by atoms with Gasteiger partial charge in [0.15, 0.2) is 0 Å². The smallest absolute Gasteiger partial charge is 0.259 e. The Hall–Kier alpha value is -3.61. The molecule has 32 heavy (non-hydrogen) atoms. The zero-order valence-corrected chi connectivity index (χ0v) is 19.3. The maximum absolute atomic E-state index is 13.4. The number of likely N-dealkylation sites (N-methyl/N-ethyl adjacent to an activating group) is 1. The second-order valence-corrected chi connectivity index (χ2v) is 8.23. The minimum Gasteiger partial charge on any atom is -0.492 e. The van der Waals surface area contributed by atoms with E-state index in [1.807, 2.05) is 45.9 Å². The topological polar surface area (TPSA) is 81.6 Å². The monoisotopic (exact) mass is 433 g/mol. The van der Waals surface area contributed by atoms with Crippen LogP contribution in [0.5, 0.6) is 5.75 Å². The summed E-state index contributed by atoms with van der Waals surface area (Å²) in [7, 11) is 1.76. The molecule has 1 aromatic carbocycles. The van der Waals surface area contributed by atoms with Crippen molar-refractivity contribution in [1.29, 1.82) is 0 Å². The summed E-state index contributed by atoms with van der Waals surface area (Å²) in [5.41, 5.74) is 5.19. The molecule has 3 heterocycles. The number of aryl methyl sites for hydroxylation is 5. The third-order valence-corrected chi connectivity index (χ3v) is 5.40. The number of benzene rings is 1. The van der Waals surface area contributed by atoms with Crippen molar-refractivity contribution in [1.82, 2.24) is 15.0 Å². The van der Waals surface area contributed by atoms with Gasteiger partial charge in [0.1, 0.15) is 23.9 Å². The van der Waals surface area contributed by atoms with Crippen molar-refractivity contribution in [3.63, 3.8) is 0 Å². The van der Waals surface area contributed by atoms with E-state index < -0.39 is 0 Å². The van der Waals surface area contributed by atoms with Crippen LogP contribution in [0.3, 0.4) is 0 Å². The summed E-state index contributed by atoms with van der Waals surface area (Å²) in [6, 6.07) is 9.77. The number of fused-ring (bicyclic) bond motifs is 1. The molecule has 0 unspecified atom stereocenters. The van der Waals surface area contributed by atoms with Crippen molar-refractivity contribution < 1.29 is 18.5 Å². The van der Waals surface area contributed by atoms with Crippen molar-refractivity contribution in [3.8, 4) is 17.0 Å². The summed E-state index contributed by atoms with van der Waals surface area (Å²) in [5.74, 6) is 2.17. The third kappa shape index (κ3) is 4.23. The fourth-order valence-electron chi connectivity index (χ4n) is 3.91. The summed E-state index contributed by atoms with van der Waals surface area (Å²) in [6.07, 6.45) is 0. The molecule has 0 saturated heterocycles. The molecule has 0 aliphatic carbocycles. The van der Waals surface area contributed by atoms with Crippen LogP contribution in [0.15, 0.2) is 39.3 Å². The van der Waals surface area contributed by atoms with Gasteiger partial charge in [-0.15, -0.1) is 0 Å². The number of carbonyl (C=O) groups is 1. The molecule has 0 bridgehead atoms. The highest BCUT2D eigenvalue weighted by atomic mass is 16.5. The van der Waals surface area contributed by atoms with Crippen molar-refractivity contribution >= 4 is 17.0 Å². The fraction of sp³-hybridized carbons (Fsp3) is 0.320. The molecule has 0 atom stereocenters. The van der Waals surface area contributed by atoms with Gasteiger partial charge in [0.25, 0.3) is 11.6 Å². The lowest BCUT2D eigenvalue weighted by atomic mass is 10.0. The molecular formula is C25H27N3O4. The summed E-state index contributed by atoms with van der Waals surface area (Å²) in [5, 5.41) is 4.65. The second-order valence-electron chi connectivity index (χ2n) is 8.23. The molecule has 0 saturated carbocycles. The van der Waals surface area contributed by atoms with Gasteiger partial charge < -0.3 is 18.6 Å². The average molecular weight is 434 g/mol. The Kier molecular flexibility index (Phi) is 5.74.